The fourth-order valence-corrected chi connectivity index (χ4v) is 0.768. The number of aliphatic hydroxyl groups excluding tert-OH is 1. The molecule has 0 unspecified atom stereocenters. The van der Waals surface area contributed by atoms with Gasteiger partial charge < -0.3 is 10.0 Å². The van der Waals surface area contributed by atoms with Crippen LogP contribution < -0.4 is 0 Å². The van der Waals surface area contributed by atoms with Crippen LogP contribution in [0.2, 0.25) is 0 Å². The number of aromatic nitrogens is 3. The highest BCUT2D eigenvalue weighted by Gasteiger charge is 2.06. The molecular formula is C7H12N4O2. The van der Waals surface area contributed by atoms with E-state index >= 15 is 0 Å². The van der Waals surface area contributed by atoms with Gasteiger partial charge in [-0.25, -0.2) is 4.68 Å². The van der Waals surface area contributed by atoms with Crippen LogP contribution in [0.15, 0.2) is 6.20 Å². The Kier molecular flexibility index (Phi) is 2.97. The molecule has 1 aromatic rings. The summed E-state index contributed by atoms with van der Waals surface area (Å²) in [6, 6.07) is 0. The predicted octanol–water partition coefficient (Wildman–Crippen LogP) is -1.14. The Morgan fingerprint density at radius 3 is 2.85 bits per heavy atom. The Hall–Kier alpha value is -1.43. The molecule has 1 rings (SSSR count). The van der Waals surface area contributed by atoms with Gasteiger partial charge >= 0.3 is 0 Å². The van der Waals surface area contributed by atoms with Crippen molar-refractivity contribution in [2.75, 3.05) is 14.1 Å². The summed E-state index contributed by atoms with van der Waals surface area (Å²) in [6.07, 6.45) is 1.54. The third kappa shape index (κ3) is 2.51. The Labute approximate surface area is 75.8 Å². The molecule has 0 spiro atoms. The number of amides is 1. The van der Waals surface area contributed by atoms with E-state index in [2.05, 4.69) is 10.3 Å². The van der Waals surface area contributed by atoms with Crippen molar-refractivity contribution in [1.82, 2.24) is 19.9 Å². The van der Waals surface area contributed by atoms with Gasteiger partial charge in [0.25, 0.3) is 0 Å². The molecule has 0 atom stereocenters. The summed E-state index contributed by atoms with van der Waals surface area (Å²) in [5.41, 5.74) is 0.464. The molecule has 1 aromatic heterocycles. The molecule has 0 fully saturated rings. The SMILES string of the molecule is CN(C)C(=O)Cn1cc(CO)nn1. The molecule has 0 saturated heterocycles. The molecule has 0 saturated carbocycles. The van der Waals surface area contributed by atoms with Crippen molar-refractivity contribution in [2.45, 2.75) is 13.2 Å². The Morgan fingerprint density at radius 2 is 2.38 bits per heavy atom. The van der Waals surface area contributed by atoms with Gasteiger partial charge in [-0.1, -0.05) is 5.21 Å². The first-order chi connectivity index (χ1) is 6.13. The van der Waals surface area contributed by atoms with E-state index in [9.17, 15) is 4.79 Å². The van der Waals surface area contributed by atoms with Crippen LogP contribution >= 0.6 is 0 Å². The maximum atomic E-state index is 11.2. The van der Waals surface area contributed by atoms with Crippen LogP contribution in [0.25, 0.3) is 0 Å². The fraction of sp³-hybridized carbons (Fsp3) is 0.571. The van der Waals surface area contributed by atoms with Crippen molar-refractivity contribution in [3.63, 3.8) is 0 Å². The molecule has 6 heteroatoms. The molecule has 1 amide bonds. The van der Waals surface area contributed by atoms with E-state index in [0.717, 1.165) is 0 Å². The van der Waals surface area contributed by atoms with E-state index in [4.69, 9.17) is 5.11 Å². The van der Waals surface area contributed by atoms with Gasteiger partial charge in [0, 0.05) is 14.1 Å². The van der Waals surface area contributed by atoms with Gasteiger partial charge in [0.05, 0.1) is 12.8 Å². The number of hydrogen-bond acceptors (Lipinski definition) is 4. The van der Waals surface area contributed by atoms with Crippen LogP contribution in [0.3, 0.4) is 0 Å². The maximum Gasteiger partial charge on any atom is 0.243 e. The highest BCUT2D eigenvalue weighted by Crippen LogP contribution is 1.93. The number of aliphatic hydroxyl groups is 1. The third-order valence-corrected chi connectivity index (χ3v) is 1.54. The topological polar surface area (TPSA) is 71.2 Å². The number of nitrogens with zero attached hydrogens (tertiary/aromatic N) is 4. The van der Waals surface area contributed by atoms with Crippen LogP contribution in [0.4, 0.5) is 0 Å². The van der Waals surface area contributed by atoms with Gasteiger partial charge in [0.1, 0.15) is 12.2 Å². The number of carbonyl (C=O) groups excluding carboxylic acids is 1. The number of likely N-dealkylation sites (N-methyl/N-ethyl adjacent to an activating group) is 1. The quantitative estimate of drug-likeness (QED) is 0.644. The molecule has 0 bridgehead atoms. The lowest BCUT2D eigenvalue weighted by molar-refractivity contribution is -0.129. The van der Waals surface area contributed by atoms with Crippen LogP contribution in [0.5, 0.6) is 0 Å². The first-order valence-electron chi connectivity index (χ1n) is 3.83. The molecule has 6 nitrogen and oxygen atoms in total. The molecule has 0 aliphatic carbocycles. The van der Waals surface area contributed by atoms with E-state index in [0.29, 0.717) is 5.69 Å². The first kappa shape index (κ1) is 9.66. The normalized spacial score (nSPS) is 10.1. The molecule has 13 heavy (non-hydrogen) atoms. The van der Waals surface area contributed by atoms with Crippen molar-refractivity contribution in [3.8, 4) is 0 Å². The second kappa shape index (κ2) is 3.99. The standard InChI is InChI=1S/C7H12N4O2/c1-10(2)7(13)4-11-3-6(5-12)8-9-11/h3,12H,4-5H2,1-2H3. The fourth-order valence-electron chi connectivity index (χ4n) is 0.768. The van der Waals surface area contributed by atoms with E-state index in [1.165, 1.54) is 9.58 Å². The van der Waals surface area contributed by atoms with Crippen LogP contribution in [-0.2, 0) is 17.9 Å². The summed E-state index contributed by atoms with van der Waals surface area (Å²) in [4.78, 5) is 12.7. The highest BCUT2D eigenvalue weighted by atomic mass is 16.3. The van der Waals surface area contributed by atoms with Gasteiger partial charge in [-0.3, -0.25) is 4.79 Å². The Morgan fingerprint density at radius 1 is 1.69 bits per heavy atom. The third-order valence-electron chi connectivity index (χ3n) is 1.54. The number of rotatable bonds is 3. The van der Waals surface area contributed by atoms with Gasteiger partial charge in [-0.15, -0.1) is 5.10 Å². The second-order valence-corrected chi connectivity index (χ2v) is 2.85. The smallest absolute Gasteiger partial charge is 0.243 e. The Bertz CT molecular complexity index is 294. The summed E-state index contributed by atoms with van der Waals surface area (Å²) < 4.78 is 1.40. The van der Waals surface area contributed by atoms with E-state index < -0.39 is 0 Å². The predicted molar refractivity (Wildman–Crippen MR) is 44.6 cm³/mol. The minimum atomic E-state index is -0.157. The highest BCUT2D eigenvalue weighted by molar-refractivity contribution is 5.75. The first-order valence-corrected chi connectivity index (χ1v) is 3.83. The zero-order chi connectivity index (χ0) is 9.84. The molecule has 1 N–H and O–H groups in total. The van der Waals surface area contributed by atoms with Crippen LogP contribution in [-0.4, -0.2) is 45.0 Å². The zero-order valence-electron chi connectivity index (χ0n) is 7.64. The lowest BCUT2D eigenvalue weighted by Crippen LogP contribution is -2.26. The van der Waals surface area contributed by atoms with Gasteiger partial charge in [0.2, 0.25) is 5.91 Å². The zero-order valence-corrected chi connectivity index (χ0v) is 7.64. The monoisotopic (exact) mass is 184 g/mol. The summed E-state index contributed by atoms with van der Waals surface area (Å²) >= 11 is 0. The lowest BCUT2D eigenvalue weighted by atomic mass is 10.5. The van der Waals surface area contributed by atoms with E-state index in [1.54, 1.807) is 20.3 Å². The maximum absolute atomic E-state index is 11.2. The van der Waals surface area contributed by atoms with Crippen molar-refractivity contribution in [1.29, 1.82) is 0 Å². The van der Waals surface area contributed by atoms with Crippen molar-refractivity contribution < 1.29 is 9.90 Å². The minimum absolute atomic E-state index is 0.0608. The van der Waals surface area contributed by atoms with Gasteiger partial charge in [0.15, 0.2) is 0 Å². The van der Waals surface area contributed by atoms with E-state index in [1.807, 2.05) is 0 Å². The van der Waals surface area contributed by atoms with Crippen molar-refractivity contribution >= 4 is 5.91 Å². The summed E-state index contributed by atoms with van der Waals surface area (Å²) in [7, 11) is 3.35. The van der Waals surface area contributed by atoms with Crippen LogP contribution in [0, 0.1) is 0 Å². The second-order valence-electron chi connectivity index (χ2n) is 2.85. The Balaban J connectivity index is 2.59. The molecule has 0 aliphatic heterocycles. The van der Waals surface area contributed by atoms with Crippen molar-refractivity contribution in [2.24, 2.45) is 0 Å². The lowest BCUT2D eigenvalue weighted by Gasteiger charge is -2.08. The molecule has 1 heterocycles. The van der Waals surface area contributed by atoms with Gasteiger partial charge in [-0.05, 0) is 0 Å². The van der Waals surface area contributed by atoms with E-state index in [-0.39, 0.29) is 19.1 Å². The average molecular weight is 184 g/mol. The molecule has 0 aliphatic rings. The average Bonchev–Trinajstić information content (AvgIpc) is 2.52. The summed E-state index contributed by atoms with van der Waals surface area (Å²) in [5, 5.41) is 16.0. The molecular weight excluding hydrogens is 172 g/mol. The van der Waals surface area contributed by atoms with Crippen molar-refractivity contribution in [3.05, 3.63) is 11.9 Å². The summed E-state index contributed by atoms with van der Waals surface area (Å²) in [6.45, 7) is -0.00381. The minimum Gasteiger partial charge on any atom is -0.390 e. The molecule has 72 valence electrons. The van der Waals surface area contributed by atoms with Crippen LogP contribution in [0.1, 0.15) is 5.69 Å². The number of hydrogen-bond donors (Lipinski definition) is 1. The molecule has 0 aromatic carbocycles. The van der Waals surface area contributed by atoms with Gasteiger partial charge in [-0.2, -0.15) is 0 Å². The number of carbonyl (C=O) groups is 1. The summed E-state index contributed by atoms with van der Waals surface area (Å²) in [5.74, 6) is -0.0608. The molecule has 0 radical (unpaired) electrons. The largest absolute Gasteiger partial charge is 0.390 e.